The molecule has 0 aromatic heterocycles. The summed E-state index contributed by atoms with van der Waals surface area (Å²) < 4.78 is 48.5. The third-order valence-electron chi connectivity index (χ3n) is 15.4. The van der Waals surface area contributed by atoms with Gasteiger partial charge in [-0.15, -0.1) is 0 Å². The van der Waals surface area contributed by atoms with E-state index in [2.05, 4.69) is 37.2 Å². The Morgan fingerprint density at radius 2 is 1.04 bits per heavy atom. The number of ether oxygens (including phenoxy) is 3. The number of fused-ring (bicyclic) bond motifs is 4. The summed E-state index contributed by atoms with van der Waals surface area (Å²) >= 11 is 0. The smallest absolute Gasteiger partial charge is 0.490 e. The second-order valence-corrected chi connectivity index (χ2v) is 22.1. The van der Waals surface area contributed by atoms with Crippen LogP contribution in [-0.4, -0.2) is 217 Å². The predicted molar refractivity (Wildman–Crippen MR) is 294 cm³/mol. The minimum atomic E-state index is -5.08. The number of nitrogens with one attached hydrogen (secondary N) is 7. The number of benzene rings is 2. The average molecular weight is 1190 g/mol. The molecule has 6 aliphatic heterocycles. The maximum atomic E-state index is 14.1. The van der Waals surface area contributed by atoms with Crippen molar-refractivity contribution in [2.45, 2.75) is 145 Å². The summed E-state index contributed by atoms with van der Waals surface area (Å²) in [5.41, 5.74) is 1.05. The normalized spacial score (nSPS) is 24.1. The number of nitrogens with zero attached hydrogens (tertiary/aromatic N) is 5. The van der Waals surface area contributed by atoms with Gasteiger partial charge in [-0.05, 0) is 92.3 Å². The van der Waals surface area contributed by atoms with E-state index >= 15 is 0 Å². The molecular formula is C55H77F3N12O14. The molecule has 0 radical (unpaired) electrons. The van der Waals surface area contributed by atoms with Crippen molar-refractivity contribution < 1.29 is 80.4 Å². The van der Waals surface area contributed by atoms with Gasteiger partial charge in [0.2, 0.25) is 35.4 Å². The van der Waals surface area contributed by atoms with Crippen molar-refractivity contribution in [3.8, 4) is 11.5 Å². The molecule has 4 fully saturated rings. The number of carbonyl (C=O) groups excluding carboxylic acids is 9. The Morgan fingerprint density at radius 3 is 1.42 bits per heavy atom. The van der Waals surface area contributed by atoms with Gasteiger partial charge in [0.05, 0.1) is 31.2 Å². The fourth-order valence-corrected chi connectivity index (χ4v) is 10.7. The van der Waals surface area contributed by atoms with Crippen molar-refractivity contribution in [2.24, 2.45) is 0 Å². The first-order valence-electron chi connectivity index (χ1n) is 27.7. The molecule has 2 unspecified atom stereocenters. The number of amides is 11. The highest BCUT2D eigenvalue weighted by Crippen LogP contribution is 2.36. The molecule has 8 N–H and O–H groups in total. The molecule has 462 valence electrons. The third kappa shape index (κ3) is 15.9. The number of likely N-dealkylation sites (N-methyl/N-ethyl adjacent to an activating group) is 2. The number of hydrogen-bond acceptors (Lipinski definition) is 14. The number of aliphatic carboxylic acids is 1. The lowest BCUT2D eigenvalue weighted by Crippen LogP contribution is -2.63. The number of alkyl halides is 3. The van der Waals surface area contributed by atoms with Crippen LogP contribution < -0.4 is 46.7 Å². The summed E-state index contributed by atoms with van der Waals surface area (Å²) in [6, 6.07) is 8.36. The summed E-state index contributed by atoms with van der Waals surface area (Å²) in [5.74, 6) is -3.54. The number of hydrogen-bond donors (Lipinski definition) is 8. The molecular weight excluding hydrogens is 1110 g/mol. The van der Waals surface area contributed by atoms with Gasteiger partial charge in [-0.1, -0.05) is 36.4 Å². The summed E-state index contributed by atoms with van der Waals surface area (Å²) in [6.45, 7) is 9.73. The van der Waals surface area contributed by atoms with Gasteiger partial charge in [0, 0.05) is 57.4 Å². The second kappa shape index (κ2) is 28.0. The van der Waals surface area contributed by atoms with Gasteiger partial charge < -0.3 is 76.1 Å². The molecule has 2 aromatic rings. The Morgan fingerprint density at radius 1 is 0.631 bits per heavy atom. The fraction of sp³-hybridized carbons (Fsp3) is 0.600. The van der Waals surface area contributed by atoms with Crippen LogP contribution in [0.5, 0.6) is 11.5 Å². The van der Waals surface area contributed by atoms with Crippen LogP contribution in [-0.2, 0) is 38.3 Å². The van der Waals surface area contributed by atoms with E-state index in [1.54, 1.807) is 49.4 Å². The maximum Gasteiger partial charge on any atom is 0.490 e. The molecule has 0 aliphatic carbocycles. The lowest BCUT2D eigenvalue weighted by molar-refractivity contribution is -0.192. The summed E-state index contributed by atoms with van der Waals surface area (Å²) in [6.07, 6.45) is -2.50. The van der Waals surface area contributed by atoms with Crippen LogP contribution in [0.3, 0.4) is 0 Å². The van der Waals surface area contributed by atoms with Crippen molar-refractivity contribution >= 4 is 59.6 Å². The predicted octanol–water partition coefficient (Wildman–Crippen LogP) is 1.75. The van der Waals surface area contributed by atoms with Gasteiger partial charge in [0.1, 0.15) is 60.5 Å². The summed E-state index contributed by atoms with van der Waals surface area (Å²) in [5, 5.41) is 26.8. The molecule has 11 amide bonds. The molecule has 4 saturated heterocycles. The molecule has 84 heavy (non-hydrogen) atoms. The highest BCUT2D eigenvalue weighted by Gasteiger charge is 2.48. The van der Waals surface area contributed by atoms with Crippen LogP contribution in [0.2, 0.25) is 0 Å². The number of carboxylic acid groups (broad SMARTS) is 1. The average Bonchev–Trinajstić information content (AvgIpc) is 3.64. The molecule has 6 heterocycles. The van der Waals surface area contributed by atoms with Gasteiger partial charge in [-0.2, -0.15) is 13.2 Å². The van der Waals surface area contributed by atoms with Crippen LogP contribution >= 0.6 is 0 Å². The number of carboxylic acids is 1. The number of para-hydroxylation sites is 2. The molecule has 29 heteroatoms. The molecule has 0 spiro atoms. The minimum absolute atomic E-state index is 0.0298. The van der Waals surface area contributed by atoms with Crippen LogP contribution in [0, 0.1) is 0 Å². The third-order valence-corrected chi connectivity index (χ3v) is 15.4. The largest absolute Gasteiger partial charge is 0.491 e. The van der Waals surface area contributed by atoms with E-state index in [1.165, 1.54) is 33.0 Å². The van der Waals surface area contributed by atoms with Gasteiger partial charge in [-0.3, -0.25) is 33.7 Å². The van der Waals surface area contributed by atoms with E-state index in [4.69, 9.17) is 24.1 Å². The maximum absolute atomic E-state index is 14.1. The first-order valence-corrected chi connectivity index (χ1v) is 27.7. The Labute approximate surface area is 484 Å². The van der Waals surface area contributed by atoms with Gasteiger partial charge in [0.15, 0.2) is 0 Å². The quantitative estimate of drug-likeness (QED) is 0.168. The zero-order valence-corrected chi connectivity index (χ0v) is 48.5. The van der Waals surface area contributed by atoms with Crippen LogP contribution in [0.15, 0.2) is 48.5 Å². The first-order chi connectivity index (χ1) is 39.6. The van der Waals surface area contributed by atoms with Crippen molar-refractivity contribution in [3.63, 3.8) is 0 Å². The topological polar surface area (TPSA) is 319 Å². The Hall–Kier alpha value is -8.11. The van der Waals surface area contributed by atoms with Crippen molar-refractivity contribution in [1.82, 2.24) is 61.7 Å². The van der Waals surface area contributed by atoms with E-state index in [-0.39, 0.29) is 72.9 Å². The van der Waals surface area contributed by atoms with Gasteiger partial charge in [-0.25, -0.2) is 19.2 Å². The Balaban J connectivity index is 0.000000245. The first kappa shape index (κ1) is 65.0. The molecule has 2 aromatic carbocycles. The molecule has 0 bridgehead atoms. The van der Waals surface area contributed by atoms with Crippen LogP contribution in [0.1, 0.15) is 96.4 Å². The molecule has 10 atom stereocenters. The van der Waals surface area contributed by atoms with Gasteiger partial charge >= 0.3 is 30.3 Å². The monoisotopic (exact) mass is 1190 g/mol. The zero-order chi connectivity index (χ0) is 62.0. The van der Waals surface area contributed by atoms with Gasteiger partial charge in [0.25, 0.3) is 0 Å². The standard InChI is InChI=1S/C29H42N6O7.C24H34N6O5.C2HF3O2/c1-17(33(6)28(40)42-29(2,3)4)24(36)31-20-15-34(27(39)30-5)14-13-18-11-12-22(35(18)26(20)38)25(37)32-21-16-41-23-10-8-7-9-19(21)23;1-14(25-2)21(31)27-17-12-29(24(34)26-3)11-10-15-8-9-19(30(15)23(17)33)22(32)28-18-13-35-20-7-5-4-6-16(18)20;3-2(4,5)1(6)7/h7-10,17-18,20-22H,11-16H2,1-6H3,(H,30,39)(H,31,36)(H,32,37);4-7,14-15,17-19,25H,8-13H2,1-3H3,(H,26,34)(H,27,31)(H,28,32);(H,6,7)/t17-,18+,20-,21?,22-;14-,15+,17-,18?,19-;/m00./s1. The number of carbonyl (C=O) groups is 10. The SMILES string of the molecule is CNC(=O)N1CC[C@H]2CC[C@@H](C(=O)NC3COc4ccccc43)N2C(=O)[C@@H](NC(=O)[C@H](C)N(C)C(=O)OC(C)(C)C)C1.CNC(=O)N1CC[C@H]2CC[C@@H](C(=O)NC3COc4ccccc43)N2C(=O)[C@@H](NC(=O)[C@H](C)NC)C1.O=C(O)C(F)(F)F. The Bertz CT molecular complexity index is 2770. The lowest BCUT2D eigenvalue weighted by atomic mass is 10.1. The van der Waals surface area contributed by atoms with E-state index in [1.807, 2.05) is 48.5 Å². The Kier molecular flexibility index (Phi) is 21.7. The van der Waals surface area contributed by atoms with Crippen LogP contribution in [0.4, 0.5) is 27.6 Å². The van der Waals surface area contributed by atoms with Crippen molar-refractivity contribution in [1.29, 1.82) is 0 Å². The molecule has 26 nitrogen and oxygen atoms in total. The second-order valence-electron chi connectivity index (χ2n) is 22.1. The highest BCUT2D eigenvalue weighted by atomic mass is 19.4. The number of halogens is 3. The number of urea groups is 2. The fourth-order valence-electron chi connectivity index (χ4n) is 10.7. The summed E-state index contributed by atoms with van der Waals surface area (Å²) in [4.78, 5) is 135. The van der Waals surface area contributed by atoms with E-state index in [0.717, 1.165) is 27.5 Å². The molecule has 0 saturated carbocycles. The van der Waals surface area contributed by atoms with E-state index in [9.17, 15) is 56.3 Å². The molecule has 6 aliphatic rings. The lowest BCUT2D eigenvalue weighted by Gasteiger charge is -2.39. The molecule has 8 rings (SSSR count). The highest BCUT2D eigenvalue weighted by molar-refractivity contribution is 5.96. The summed E-state index contributed by atoms with van der Waals surface area (Å²) in [7, 11) is 6.13. The zero-order valence-electron chi connectivity index (χ0n) is 48.5. The van der Waals surface area contributed by atoms with E-state index in [0.29, 0.717) is 64.8 Å². The van der Waals surface area contributed by atoms with Crippen LogP contribution in [0.25, 0.3) is 0 Å². The van der Waals surface area contributed by atoms with Crippen molar-refractivity contribution in [3.05, 3.63) is 59.7 Å². The van der Waals surface area contributed by atoms with E-state index < -0.39 is 71.9 Å². The van der Waals surface area contributed by atoms with Crippen molar-refractivity contribution in [2.75, 3.05) is 67.6 Å². The number of rotatable bonds is 10. The minimum Gasteiger partial charge on any atom is -0.491 e.